The van der Waals surface area contributed by atoms with Crippen LogP contribution in [-0.2, 0) is 0 Å². The van der Waals surface area contributed by atoms with Crippen LogP contribution in [0.1, 0.15) is 31.1 Å². The second kappa shape index (κ2) is 5.75. The highest BCUT2D eigenvalue weighted by Gasteiger charge is 2.21. The van der Waals surface area contributed by atoms with Crippen molar-refractivity contribution in [3.05, 3.63) is 30.1 Å². The summed E-state index contributed by atoms with van der Waals surface area (Å²) in [7, 11) is 0. The summed E-state index contributed by atoms with van der Waals surface area (Å²) in [5.41, 5.74) is 1.02. The van der Waals surface area contributed by atoms with Crippen LogP contribution in [0.2, 0.25) is 0 Å². The van der Waals surface area contributed by atoms with E-state index in [1.807, 2.05) is 18.2 Å². The zero-order valence-electron chi connectivity index (χ0n) is 10.9. The Hall–Kier alpha value is -1.33. The van der Waals surface area contributed by atoms with E-state index in [1.54, 1.807) is 11.8 Å². The topological polar surface area (TPSA) is 51.0 Å². The summed E-state index contributed by atoms with van der Waals surface area (Å²) in [5.74, 6) is 1.40. The number of thioether (sulfide) groups is 1. The zero-order chi connectivity index (χ0) is 13.1. The number of hydrogen-bond acceptors (Lipinski definition) is 5. The molecule has 0 radical (unpaired) electrons. The molecule has 1 fully saturated rings. The minimum atomic E-state index is 0.243. The molecular weight excluding hydrogens is 258 g/mol. The van der Waals surface area contributed by atoms with Crippen molar-refractivity contribution >= 4 is 11.8 Å². The highest BCUT2D eigenvalue weighted by atomic mass is 32.2. The molecule has 1 aliphatic heterocycles. The minimum absolute atomic E-state index is 0.243. The summed E-state index contributed by atoms with van der Waals surface area (Å²) in [5, 5.41) is 7.57. The van der Waals surface area contributed by atoms with Crippen molar-refractivity contribution in [1.82, 2.24) is 15.5 Å². The van der Waals surface area contributed by atoms with E-state index in [4.69, 9.17) is 4.52 Å². The van der Waals surface area contributed by atoms with Gasteiger partial charge in [-0.1, -0.05) is 23.7 Å². The van der Waals surface area contributed by atoms with Crippen LogP contribution in [0.4, 0.5) is 0 Å². The Bertz CT molecular complexity index is 549. The van der Waals surface area contributed by atoms with E-state index in [-0.39, 0.29) is 6.04 Å². The van der Waals surface area contributed by atoms with Crippen molar-refractivity contribution in [1.29, 1.82) is 0 Å². The molecule has 1 saturated heterocycles. The molecule has 3 rings (SSSR count). The third-order valence-corrected chi connectivity index (χ3v) is 4.20. The highest BCUT2D eigenvalue weighted by Crippen LogP contribution is 2.30. The summed E-state index contributed by atoms with van der Waals surface area (Å²) in [4.78, 5) is 5.72. The molecule has 2 heterocycles. The average molecular weight is 275 g/mol. The molecule has 1 N–H and O–H groups in total. The Kier molecular flexibility index (Phi) is 3.84. The quantitative estimate of drug-likeness (QED) is 0.871. The Morgan fingerprint density at radius 2 is 2.21 bits per heavy atom. The molecule has 100 valence electrons. The smallest absolute Gasteiger partial charge is 0.259 e. The van der Waals surface area contributed by atoms with Crippen LogP contribution in [0.5, 0.6) is 0 Å². The van der Waals surface area contributed by atoms with Crippen LogP contribution in [0.15, 0.2) is 33.7 Å². The first-order chi connectivity index (χ1) is 9.38. The molecule has 1 aliphatic rings. The Labute approximate surface area is 117 Å². The first-order valence-corrected chi connectivity index (χ1v) is 7.81. The molecule has 1 aromatic heterocycles. The number of rotatable bonds is 3. The van der Waals surface area contributed by atoms with Gasteiger partial charge in [0.15, 0.2) is 5.82 Å². The van der Waals surface area contributed by atoms with Gasteiger partial charge in [-0.05, 0) is 37.8 Å². The van der Waals surface area contributed by atoms with Crippen LogP contribution in [0.25, 0.3) is 11.5 Å². The lowest BCUT2D eigenvalue weighted by Gasteiger charge is -2.19. The molecule has 1 aromatic carbocycles. The van der Waals surface area contributed by atoms with Crippen LogP contribution in [-0.4, -0.2) is 22.9 Å². The monoisotopic (exact) mass is 275 g/mol. The number of nitrogens with one attached hydrogen (secondary N) is 1. The predicted octanol–water partition coefficient (Wildman–Crippen LogP) is 3.27. The van der Waals surface area contributed by atoms with E-state index in [2.05, 4.69) is 27.8 Å². The Balaban J connectivity index is 1.88. The van der Waals surface area contributed by atoms with Gasteiger partial charge in [0, 0.05) is 4.90 Å². The maximum atomic E-state index is 5.43. The lowest BCUT2D eigenvalue weighted by molar-refractivity contribution is 0.367. The van der Waals surface area contributed by atoms with Gasteiger partial charge in [0.2, 0.25) is 0 Å². The highest BCUT2D eigenvalue weighted by molar-refractivity contribution is 7.98. The molecule has 19 heavy (non-hydrogen) atoms. The number of aromatic nitrogens is 2. The van der Waals surface area contributed by atoms with E-state index < -0.39 is 0 Å². The number of hydrogen-bond donors (Lipinski definition) is 1. The number of piperidine rings is 1. The molecule has 0 bridgehead atoms. The van der Waals surface area contributed by atoms with E-state index >= 15 is 0 Å². The molecule has 0 spiro atoms. The van der Waals surface area contributed by atoms with Gasteiger partial charge in [-0.25, -0.2) is 0 Å². The first-order valence-electron chi connectivity index (χ1n) is 6.59. The van der Waals surface area contributed by atoms with Crippen molar-refractivity contribution in [3.8, 4) is 11.5 Å². The second-order valence-electron chi connectivity index (χ2n) is 4.66. The minimum Gasteiger partial charge on any atom is -0.334 e. The molecule has 2 aromatic rings. The SMILES string of the molecule is CSc1ccccc1-c1nc(C2CCCCN2)no1. The maximum absolute atomic E-state index is 5.43. The number of benzene rings is 1. The van der Waals surface area contributed by atoms with E-state index in [9.17, 15) is 0 Å². The van der Waals surface area contributed by atoms with Gasteiger partial charge in [0.05, 0.1) is 11.6 Å². The van der Waals surface area contributed by atoms with Crippen molar-refractivity contribution < 1.29 is 4.52 Å². The Morgan fingerprint density at radius 3 is 3.00 bits per heavy atom. The van der Waals surface area contributed by atoms with Crippen molar-refractivity contribution in [2.75, 3.05) is 12.8 Å². The van der Waals surface area contributed by atoms with Crippen LogP contribution in [0, 0.1) is 0 Å². The van der Waals surface area contributed by atoms with Gasteiger partial charge >= 0.3 is 0 Å². The van der Waals surface area contributed by atoms with Crippen LogP contribution < -0.4 is 5.32 Å². The summed E-state index contributed by atoms with van der Waals surface area (Å²) in [6.45, 7) is 1.04. The van der Waals surface area contributed by atoms with Gasteiger partial charge in [-0.2, -0.15) is 4.98 Å². The van der Waals surface area contributed by atoms with Crippen molar-refractivity contribution in [2.45, 2.75) is 30.2 Å². The standard InChI is InChI=1S/C14H17N3OS/c1-19-12-8-3-2-6-10(12)14-16-13(17-18-14)11-7-4-5-9-15-11/h2-3,6,8,11,15H,4-5,7,9H2,1H3. The van der Waals surface area contributed by atoms with Crippen molar-refractivity contribution in [2.24, 2.45) is 0 Å². The van der Waals surface area contributed by atoms with E-state index in [0.717, 1.165) is 29.2 Å². The summed E-state index contributed by atoms with van der Waals surface area (Å²) in [6.07, 6.45) is 5.60. The predicted molar refractivity (Wildman–Crippen MR) is 76.1 cm³/mol. The van der Waals surface area contributed by atoms with Gasteiger partial charge in [-0.3, -0.25) is 0 Å². The van der Waals surface area contributed by atoms with Gasteiger partial charge in [0.1, 0.15) is 0 Å². The van der Waals surface area contributed by atoms with Gasteiger partial charge in [-0.15, -0.1) is 11.8 Å². The molecular formula is C14H17N3OS. The molecule has 4 nitrogen and oxygen atoms in total. The van der Waals surface area contributed by atoms with Gasteiger partial charge in [0.25, 0.3) is 5.89 Å². The third-order valence-electron chi connectivity index (χ3n) is 3.40. The molecule has 0 saturated carbocycles. The van der Waals surface area contributed by atoms with Crippen LogP contribution in [0.3, 0.4) is 0 Å². The summed E-state index contributed by atoms with van der Waals surface area (Å²) in [6, 6.07) is 8.36. The van der Waals surface area contributed by atoms with Crippen LogP contribution >= 0.6 is 11.8 Å². The fourth-order valence-electron chi connectivity index (χ4n) is 2.38. The second-order valence-corrected chi connectivity index (χ2v) is 5.51. The third kappa shape index (κ3) is 2.67. The first kappa shape index (κ1) is 12.7. The fraction of sp³-hybridized carbons (Fsp3) is 0.429. The zero-order valence-corrected chi connectivity index (χ0v) is 11.7. The molecule has 0 amide bonds. The summed E-state index contributed by atoms with van der Waals surface area (Å²) < 4.78 is 5.43. The van der Waals surface area contributed by atoms with Crippen molar-refractivity contribution in [3.63, 3.8) is 0 Å². The molecule has 0 aliphatic carbocycles. The molecule has 5 heteroatoms. The average Bonchev–Trinajstić information content (AvgIpc) is 2.98. The Morgan fingerprint density at radius 1 is 1.32 bits per heavy atom. The fourth-order valence-corrected chi connectivity index (χ4v) is 2.97. The molecule has 1 unspecified atom stereocenters. The van der Waals surface area contributed by atoms with E-state index in [0.29, 0.717) is 5.89 Å². The normalized spacial score (nSPS) is 19.5. The maximum Gasteiger partial charge on any atom is 0.259 e. The van der Waals surface area contributed by atoms with E-state index in [1.165, 1.54) is 12.8 Å². The largest absolute Gasteiger partial charge is 0.334 e. The molecule has 1 atom stereocenters. The lowest BCUT2D eigenvalue weighted by atomic mass is 10.0. The summed E-state index contributed by atoms with van der Waals surface area (Å²) >= 11 is 1.69. The van der Waals surface area contributed by atoms with Gasteiger partial charge < -0.3 is 9.84 Å². The lowest BCUT2D eigenvalue weighted by Crippen LogP contribution is -2.27. The number of nitrogens with zero attached hydrogens (tertiary/aromatic N) is 2.